The Morgan fingerprint density at radius 2 is 2.12 bits per heavy atom. The van der Waals surface area contributed by atoms with Gasteiger partial charge in [0.1, 0.15) is 17.0 Å². The molecule has 7 heteroatoms. The van der Waals surface area contributed by atoms with Crippen LogP contribution >= 0.6 is 0 Å². The fraction of sp³-hybridized carbons (Fsp3) is 0.167. The number of furan rings is 1. The first kappa shape index (κ1) is 15.2. The van der Waals surface area contributed by atoms with Crippen molar-refractivity contribution in [3.8, 4) is 5.75 Å². The molecule has 2 amide bonds. The smallest absolute Gasteiger partial charge is 0.270 e. The lowest BCUT2D eigenvalue weighted by molar-refractivity contribution is -0.122. The second-order valence-electron chi connectivity index (χ2n) is 5.73. The molecule has 0 aliphatic carbocycles. The van der Waals surface area contributed by atoms with Crippen molar-refractivity contribution in [3.05, 3.63) is 53.9 Å². The van der Waals surface area contributed by atoms with Crippen LogP contribution in [0.15, 0.2) is 46.9 Å². The Balaban J connectivity index is 1.48. The van der Waals surface area contributed by atoms with E-state index < -0.39 is 6.10 Å². The number of aromatic nitrogens is 1. The third-order valence-corrected chi connectivity index (χ3v) is 3.91. The summed E-state index contributed by atoms with van der Waals surface area (Å²) >= 11 is 0. The molecule has 0 spiro atoms. The van der Waals surface area contributed by atoms with Gasteiger partial charge < -0.3 is 19.8 Å². The molecule has 2 N–H and O–H groups in total. The molecule has 126 valence electrons. The number of rotatable bonds is 3. The van der Waals surface area contributed by atoms with E-state index >= 15 is 0 Å². The predicted molar refractivity (Wildman–Crippen MR) is 90.3 cm³/mol. The number of para-hydroxylation sites is 1. The topological polar surface area (TPSA) is 93.5 Å². The number of hydrogen-bond acceptors (Lipinski definition) is 5. The summed E-state index contributed by atoms with van der Waals surface area (Å²) in [5.41, 5.74) is 0.959. The summed E-state index contributed by atoms with van der Waals surface area (Å²) in [4.78, 5) is 28.1. The number of carbonyl (C=O) groups is 2. The van der Waals surface area contributed by atoms with Crippen LogP contribution in [0.4, 0.5) is 5.82 Å². The first-order valence-corrected chi connectivity index (χ1v) is 7.84. The van der Waals surface area contributed by atoms with Gasteiger partial charge in [-0.2, -0.15) is 0 Å². The molecule has 0 saturated carbocycles. The molecule has 1 unspecified atom stereocenters. The van der Waals surface area contributed by atoms with E-state index in [1.165, 1.54) is 0 Å². The Morgan fingerprint density at radius 1 is 1.28 bits per heavy atom. The maximum Gasteiger partial charge on any atom is 0.270 e. The summed E-state index contributed by atoms with van der Waals surface area (Å²) in [6, 6.07) is 12.7. The van der Waals surface area contributed by atoms with Gasteiger partial charge in [-0.25, -0.2) is 4.98 Å². The predicted octanol–water partition coefficient (Wildman–Crippen LogP) is 2.48. The van der Waals surface area contributed by atoms with Gasteiger partial charge in [0.05, 0.1) is 6.54 Å². The Labute approximate surface area is 143 Å². The summed E-state index contributed by atoms with van der Waals surface area (Å²) in [5, 5.41) is 6.36. The maximum atomic E-state index is 12.3. The first-order chi connectivity index (χ1) is 12.1. The van der Waals surface area contributed by atoms with E-state index in [1.54, 1.807) is 19.1 Å². The minimum atomic E-state index is -0.581. The maximum absolute atomic E-state index is 12.3. The summed E-state index contributed by atoms with van der Waals surface area (Å²) in [6.07, 6.45) is -0.581. The number of nitrogens with one attached hydrogen (secondary N) is 2. The van der Waals surface area contributed by atoms with Crippen molar-refractivity contribution in [2.45, 2.75) is 19.6 Å². The monoisotopic (exact) mass is 337 g/mol. The lowest BCUT2D eigenvalue weighted by atomic mass is 10.2. The highest BCUT2D eigenvalue weighted by molar-refractivity contribution is 5.98. The largest absolute Gasteiger partial charge is 0.477 e. The fourth-order valence-electron chi connectivity index (χ4n) is 2.60. The number of pyridine rings is 1. The number of fused-ring (bicyclic) bond motifs is 2. The molecule has 1 aliphatic rings. The number of hydrogen-bond donors (Lipinski definition) is 2. The number of ether oxygens (including phenoxy) is 1. The summed E-state index contributed by atoms with van der Waals surface area (Å²) in [5.74, 6) is 0.689. The molecule has 25 heavy (non-hydrogen) atoms. The van der Waals surface area contributed by atoms with Crippen LogP contribution in [0, 0.1) is 0 Å². The van der Waals surface area contributed by atoms with E-state index in [9.17, 15) is 9.59 Å². The van der Waals surface area contributed by atoms with Gasteiger partial charge in [0, 0.05) is 5.39 Å². The summed E-state index contributed by atoms with van der Waals surface area (Å²) < 4.78 is 11.1. The molecule has 4 rings (SSSR count). The van der Waals surface area contributed by atoms with Crippen LogP contribution in [0.1, 0.15) is 23.2 Å². The van der Waals surface area contributed by atoms with E-state index in [2.05, 4.69) is 15.6 Å². The van der Waals surface area contributed by atoms with Crippen molar-refractivity contribution < 1.29 is 18.7 Å². The molecule has 0 fully saturated rings. The van der Waals surface area contributed by atoms with Crippen molar-refractivity contribution in [3.63, 3.8) is 0 Å². The van der Waals surface area contributed by atoms with E-state index in [1.807, 2.05) is 30.3 Å². The molecular formula is C18H15N3O4. The lowest BCUT2D eigenvalue weighted by Gasteiger charge is -2.22. The van der Waals surface area contributed by atoms with Gasteiger partial charge >= 0.3 is 0 Å². The minimum Gasteiger partial charge on any atom is -0.477 e. The van der Waals surface area contributed by atoms with E-state index in [4.69, 9.17) is 9.15 Å². The molecule has 2 aromatic heterocycles. The van der Waals surface area contributed by atoms with Gasteiger partial charge in [-0.05, 0) is 31.2 Å². The third-order valence-electron chi connectivity index (χ3n) is 3.91. The molecular weight excluding hydrogens is 322 g/mol. The fourth-order valence-corrected chi connectivity index (χ4v) is 2.60. The summed E-state index contributed by atoms with van der Waals surface area (Å²) in [7, 11) is 0. The average molecular weight is 337 g/mol. The molecule has 0 bridgehead atoms. The highest BCUT2D eigenvalue weighted by atomic mass is 16.5. The Bertz CT molecular complexity index is 946. The molecule has 1 atom stereocenters. The van der Waals surface area contributed by atoms with Gasteiger partial charge in [-0.1, -0.05) is 18.2 Å². The zero-order valence-corrected chi connectivity index (χ0v) is 13.4. The Hall–Kier alpha value is -3.35. The van der Waals surface area contributed by atoms with Crippen molar-refractivity contribution >= 4 is 28.6 Å². The highest BCUT2D eigenvalue weighted by Gasteiger charge is 2.25. The number of benzene rings is 1. The first-order valence-electron chi connectivity index (χ1n) is 7.84. The normalized spacial score (nSPS) is 16.0. The van der Waals surface area contributed by atoms with Crippen molar-refractivity contribution in [1.82, 2.24) is 10.3 Å². The van der Waals surface area contributed by atoms with Crippen molar-refractivity contribution in [2.24, 2.45) is 0 Å². The number of amides is 2. The minimum absolute atomic E-state index is 0.188. The quantitative estimate of drug-likeness (QED) is 0.766. The van der Waals surface area contributed by atoms with Crippen molar-refractivity contribution in [1.29, 1.82) is 0 Å². The second-order valence-corrected chi connectivity index (χ2v) is 5.73. The van der Waals surface area contributed by atoms with Gasteiger partial charge in [0.25, 0.3) is 11.8 Å². The molecule has 7 nitrogen and oxygen atoms in total. The van der Waals surface area contributed by atoms with Crippen LogP contribution in [-0.4, -0.2) is 22.9 Å². The van der Waals surface area contributed by atoms with Crippen LogP contribution in [0.25, 0.3) is 11.0 Å². The third kappa shape index (κ3) is 2.91. The second kappa shape index (κ2) is 5.94. The lowest BCUT2D eigenvalue weighted by Crippen LogP contribution is -2.35. The van der Waals surface area contributed by atoms with E-state index in [0.717, 1.165) is 11.0 Å². The SMILES string of the molecule is CC1Oc2ccc(C(=O)NCc3cc4ccccc4o3)nc2NC1=O. The van der Waals surface area contributed by atoms with Crippen LogP contribution < -0.4 is 15.4 Å². The molecule has 3 heterocycles. The summed E-state index contributed by atoms with van der Waals surface area (Å²) in [6.45, 7) is 1.89. The number of carbonyl (C=O) groups excluding carboxylic acids is 2. The zero-order valence-electron chi connectivity index (χ0n) is 13.4. The number of anilines is 1. The van der Waals surface area contributed by atoms with Gasteiger partial charge in [-0.3, -0.25) is 9.59 Å². The van der Waals surface area contributed by atoms with Crippen LogP contribution in [-0.2, 0) is 11.3 Å². The van der Waals surface area contributed by atoms with Crippen LogP contribution in [0.5, 0.6) is 5.75 Å². The molecule has 1 aromatic carbocycles. The van der Waals surface area contributed by atoms with Gasteiger partial charge in [0.2, 0.25) is 0 Å². The van der Waals surface area contributed by atoms with Gasteiger partial charge in [-0.15, -0.1) is 0 Å². The molecule has 1 aliphatic heterocycles. The molecule has 0 saturated heterocycles. The standard InChI is InChI=1S/C18H15N3O4/c1-10-17(22)21-16-15(24-10)7-6-13(20-16)18(23)19-9-12-8-11-4-2-3-5-14(11)25-12/h2-8,10H,9H2,1H3,(H,19,23)(H,20,21,22). The van der Waals surface area contributed by atoms with Crippen LogP contribution in [0.3, 0.4) is 0 Å². The van der Waals surface area contributed by atoms with Crippen LogP contribution in [0.2, 0.25) is 0 Å². The Kier molecular flexibility index (Phi) is 3.61. The Morgan fingerprint density at radius 3 is 2.96 bits per heavy atom. The number of nitrogens with zero attached hydrogens (tertiary/aromatic N) is 1. The molecule has 3 aromatic rings. The van der Waals surface area contributed by atoms with E-state index in [-0.39, 0.29) is 29.9 Å². The van der Waals surface area contributed by atoms with E-state index in [0.29, 0.717) is 11.5 Å². The highest BCUT2D eigenvalue weighted by Crippen LogP contribution is 2.27. The zero-order chi connectivity index (χ0) is 17.4. The van der Waals surface area contributed by atoms with Crippen molar-refractivity contribution in [2.75, 3.05) is 5.32 Å². The molecule has 0 radical (unpaired) electrons. The van der Waals surface area contributed by atoms with Gasteiger partial charge in [0.15, 0.2) is 17.7 Å². The average Bonchev–Trinajstić information content (AvgIpc) is 3.03.